The molecule has 0 saturated carbocycles. The van der Waals surface area contributed by atoms with Gasteiger partial charge in [0.2, 0.25) is 10.0 Å². The minimum atomic E-state index is -3.20. The molecule has 0 aromatic carbocycles. The summed E-state index contributed by atoms with van der Waals surface area (Å²) in [6, 6.07) is 0. The second-order valence-corrected chi connectivity index (χ2v) is 6.18. The molecule has 0 aromatic rings. The summed E-state index contributed by atoms with van der Waals surface area (Å²) in [5.74, 6) is 0.0386. The van der Waals surface area contributed by atoms with Crippen molar-refractivity contribution in [3.8, 4) is 0 Å². The molecule has 0 rings (SSSR count). The van der Waals surface area contributed by atoms with Crippen LogP contribution >= 0.6 is 0 Å². The minimum Gasteiger partial charge on any atom is -0.396 e. The summed E-state index contributed by atoms with van der Waals surface area (Å²) in [6.45, 7) is 3.69. The summed E-state index contributed by atoms with van der Waals surface area (Å²) >= 11 is 0. The highest BCUT2D eigenvalue weighted by Crippen LogP contribution is 2.04. The third-order valence-electron chi connectivity index (χ3n) is 2.22. The maximum absolute atomic E-state index is 11.9. The first-order chi connectivity index (χ1) is 7.44. The average Bonchev–Trinajstić information content (AvgIpc) is 2.20. The number of nitrogens with zero attached hydrogens (tertiary/aromatic N) is 2. The lowest BCUT2D eigenvalue weighted by Crippen LogP contribution is -2.38. The van der Waals surface area contributed by atoms with Gasteiger partial charge >= 0.3 is 0 Å². The second kappa shape index (κ2) is 8.00. The van der Waals surface area contributed by atoms with Gasteiger partial charge in [0.1, 0.15) is 0 Å². The number of rotatable bonds is 9. The van der Waals surface area contributed by atoms with Crippen molar-refractivity contribution in [1.82, 2.24) is 9.21 Å². The SMILES string of the molecule is CCCN(CCN(C)C)S(=O)(=O)CCCO. The van der Waals surface area contributed by atoms with E-state index in [1.165, 1.54) is 4.31 Å². The standard InChI is InChI=1S/C10H24N2O3S/c1-4-6-12(8-7-11(2)3)16(14,15)10-5-9-13/h13H,4-10H2,1-3H3. The second-order valence-electron chi connectivity index (χ2n) is 4.10. The molecule has 0 unspecified atom stereocenters. The Kier molecular flexibility index (Phi) is 7.91. The Morgan fingerprint density at radius 3 is 2.19 bits per heavy atom. The van der Waals surface area contributed by atoms with E-state index in [-0.39, 0.29) is 12.4 Å². The smallest absolute Gasteiger partial charge is 0.214 e. The van der Waals surface area contributed by atoms with Crippen LogP contribution in [0.2, 0.25) is 0 Å². The van der Waals surface area contributed by atoms with E-state index in [1.54, 1.807) is 0 Å². The maximum Gasteiger partial charge on any atom is 0.214 e. The van der Waals surface area contributed by atoms with Crippen LogP contribution in [-0.2, 0) is 10.0 Å². The quantitative estimate of drug-likeness (QED) is 0.626. The van der Waals surface area contributed by atoms with Gasteiger partial charge in [-0.1, -0.05) is 6.92 Å². The fraction of sp³-hybridized carbons (Fsp3) is 1.00. The molecule has 16 heavy (non-hydrogen) atoms. The van der Waals surface area contributed by atoms with Crippen LogP contribution in [0.3, 0.4) is 0 Å². The van der Waals surface area contributed by atoms with Crippen LogP contribution < -0.4 is 0 Å². The largest absolute Gasteiger partial charge is 0.396 e. The maximum atomic E-state index is 11.9. The van der Waals surface area contributed by atoms with Crippen molar-refractivity contribution in [1.29, 1.82) is 0 Å². The van der Waals surface area contributed by atoms with Crippen LogP contribution in [0.25, 0.3) is 0 Å². The Labute approximate surface area is 99.1 Å². The molecule has 0 spiro atoms. The zero-order chi connectivity index (χ0) is 12.6. The predicted molar refractivity (Wildman–Crippen MR) is 65.9 cm³/mol. The Morgan fingerprint density at radius 1 is 1.12 bits per heavy atom. The van der Waals surface area contributed by atoms with Crippen molar-refractivity contribution < 1.29 is 13.5 Å². The summed E-state index contributed by atoms with van der Waals surface area (Å²) in [6.07, 6.45) is 1.12. The highest BCUT2D eigenvalue weighted by Gasteiger charge is 2.20. The number of sulfonamides is 1. The summed E-state index contributed by atoms with van der Waals surface area (Å²) in [5.41, 5.74) is 0. The summed E-state index contributed by atoms with van der Waals surface area (Å²) in [5, 5.41) is 8.67. The minimum absolute atomic E-state index is 0.0386. The lowest BCUT2D eigenvalue weighted by atomic mass is 10.4. The van der Waals surface area contributed by atoms with Crippen LogP contribution in [0.5, 0.6) is 0 Å². The van der Waals surface area contributed by atoms with Gasteiger partial charge in [0.05, 0.1) is 5.75 Å². The van der Waals surface area contributed by atoms with Crippen molar-refractivity contribution in [2.45, 2.75) is 19.8 Å². The van der Waals surface area contributed by atoms with Crippen LogP contribution in [0, 0.1) is 0 Å². The summed E-state index contributed by atoms with van der Waals surface area (Å²) in [4.78, 5) is 1.96. The summed E-state index contributed by atoms with van der Waals surface area (Å²) < 4.78 is 25.3. The first-order valence-electron chi connectivity index (χ1n) is 5.67. The first kappa shape index (κ1) is 15.8. The highest BCUT2D eigenvalue weighted by molar-refractivity contribution is 7.89. The molecule has 6 heteroatoms. The monoisotopic (exact) mass is 252 g/mol. The number of aliphatic hydroxyl groups is 1. The van der Waals surface area contributed by atoms with E-state index in [0.29, 0.717) is 19.5 Å². The molecule has 1 N–H and O–H groups in total. The van der Waals surface area contributed by atoms with E-state index in [0.717, 1.165) is 13.0 Å². The van der Waals surface area contributed by atoms with Crippen molar-refractivity contribution in [2.24, 2.45) is 0 Å². The Balaban J connectivity index is 4.37. The van der Waals surface area contributed by atoms with Crippen LogP contribution in [0.1, 0.15) is 19.8 Å². The normalized spacial score (nSPS) is 12.6. The topological polar surface area (TPSA) is 60.9 Å². The van der Waals surface area contributed by atoms with Crippen molar-refractivity contribution in [3.05, 3.63) is 0 Å². The van der Waals surface area contributed by atoms with Crippen molar-refractivity contribution in [2.75, 3.05) is 46.1 Å². The number of likely N-dealkylation sites (N-methyl/N-ethyl adjacent to an activating group) is 1. The van der Waals surface area contributed by atoms with Gasteiger partial charge in [-0.25, -0.2) is 12.7 Å². The molecule has 0 fully saturated rings. The molecule has 0 saturated heterocycles. The van der Waals surface area contributed by atoms with Gasteiger partial charge in [-0.3, -0.25) is 0 Å². The van der Waals surface area contributed by atoms with Gasteiger partial charge in [0, 0.05) is 26.2 Å². The van der Waals surface area contributed by atoms with E-state index in [1.807, 2.05) is 25.9 Å². The van der Waals surface area contributed by atoms with Gasteiger partial charge < -0.3 is 10.0 Å². The van der Waals surface area contributed by atoms with E-state index in [2.05, 4.69) is 0 Å². The van der Waals surface area contributed by atoms with Gasteiger partial charge in [-0.05, 0) is 26.9 Å². The van der Waals surface area contributed by atoms with Gasteiger partial charge in [0.25, 0.3) is 0 Å². The molecule has 0 aromatic heterocycles. The average molecular weight is 252 g/mol. The fourth-order valence-electron chi connectivity index (χ4n) is 1.33. The Bertz CT molecular complexity index is 265. The molecule has 0 aliphatic carbocycles. The molecule has 0 heterocycles. The lowest BCUT2D eigenvalue weighted by Gasteiger charge is -2.23. The Hall–Kier alpha value is -0.170. The fourth-order valence-corrected chi connectivity index (χ4v) is 2.90. The molecular weight excluding hydrogens is 228 g/mol. The molecule has 0 atom stereocenters. The first-order valence-corrected chi connectivity index (χ1v) is 7.28. The molecule has 98 valence electrons. The van der Waals surface area contributed by atoms with Gasteiger partial charge in [-0.15, -0.1) is 0 Å². The Morgan fingerprint density at radius 2 is 1.75 bits per heavy atom. The molecular formula is C10H24N2O3S. The molecule has 0 amide bonds. The third kappa shape index (κ3) is 6.42. The van der Waals surface area contributed by atoms with E-state index >= 15 is 0 Å². The van der Waals surface area contributed by atoms with E-state index in [4.69, 9.17) is 5.11 Å². The molecule has 0 aliphatic heterocycles. The third-order valence-corrected chi connectivity index (χ3v) is 4.18. The molecule has 5 nitrogen and oxygen atoms in total. The zero-order valence-corrected chi connectivity index (χ0v) is 11.3. The molecule has 0 aliphatic rings. The van der Waals surface area contributed by atoms with E-state index in [9.17, 15) is 8.42 Å². The zero-order valence-electron chi connectivity index (χ0n) is 10.5. The van der Waals surface area contributed by atoms with Crippen LogP contribution in [-0.4, -0.2) is 68.8 Å². The van der Waals surface area contributed by atoms with Crippen molar-refractivity contribution in [3.63, 3.8) is 0 Å². The van der Waals surface area contributed by atoms with E-state index < -0.39 is 10.0 Å². The predicted octanol–water partition coefficient (Wildman–Crippen LogP) is -0.0278. The van der Waals surface area contributed by atoms with Gasteiger partial charge in [0.15, 0.2) is 0 Å². The highest BCUT2D eigenvalue weighted by atomic mass is 32.2. The van der Waals surface area contributed by atoms with Crippen LogP contribution in [0.4, 0.5) is 0 Å². The number of aliphatic hydroxyl groups excluding tert-OH is 1. The lowest BCUT2D eigenvalue weighted by molar-refractivity contribution is 0.292. The van der Waals surface area contributed by atoms with Crippen molar-refractivity contribution >= 4 is 10.0 Å². The molecule has 0 radical (unpaired) electrons. The number of hydrogen-bond donors (Lipinski definition) is 1. The number of hydrogen-bond acceptors (Lipinski definition) is 4. The van der Waals surface area contributed by atoms with Gasteiger partial charge in [-0.2, -0.15) is 0 Å². The molecule has 0 bridgehead atoms. The van der Waals surface area contributed by atoms with Crippen LogP contribution in [0.15, 0.2) is 0 Å². The summed E-state index contributed by atoms with van der Waals surface area (Å²) in [7, 11) is 0.647.